The van der Waals surface area contributed by atoms with Crippen molar-refractivity contribution in [1.29, 1.82) is 0 Å². The summed E-state index contributed by atoms with van der Waals surface area (Å²) in [6.07, 6.45) is 7.89. The monoisotopic (exact) mass is 540 g/mol. The summed E-state index contributed by atoms with van der Waals surface area (Å²) in [6.45, 7) is 7.49. The number of unbranched alkanes of at least 4 members (excludes halogenated alkanes) is 1. The Balaban J connectivity index is 1.39. The molecular formula is C32H40N6O2. The molecule has 2 aromatic carbocycles. The molecule has 6 rings (SSSR count). The van der Waals surface area contributed by atoms with Crippen molar-refractivity contribution in [3.8, 4) is 5.75 Å². The van der Waals surface area contributed by atoms with Crippen LogP contribution in [0.4, 0.5) is 11.8 Å². The van der Waals surface area contributed by atoms with Crippen molar-refractivity contribution < 1.29 is 9.47 Å². The summed E-state index contributed by atoms with van der Waals surface area (Å²) in [5.41, 5.74) is 12.9. The Bertz CT molecular complexity index is 1520. The highest BCUT2D eigenvalue weighted by Gasteiger charge is 2.25. The molecule has 0 saturated carbocycles. The molecule has 0 bridgehead atoms. The van der Waals surface area contributed by atoms with Gasteiger partial charge in [-0.05, 0) is 55.0 Å². The first kappa shape index (κ1) is 26.6. The molecule has 0 spiro atoms. The first-order valence-corrected chi connectivity index (χ1v) is 14.6. The topological polar surface area (TPSA) is 90.5 Å². The number of methoxy groups -OCH3 is 1. The number of hydrogen-bond acceptors (Lipinski definition) is 7. The van der Waals surface area contributed by atoms with Gasteiger partial charge in [-0.3, -0.25) is 4.90 Å². The molecule has 4 aromatic rings. The molecule has 40 heavy (non-hydrogen) atoms. The standard InChI is InChI=1S/C32H40N6O2/c1-3-4-15-34-31-30-29(35-32(33)36-31)26-9-5-6-10-27(26)38(30)21-24-19-22(11-12-28(24)39-2)23-8-7-16-37(20-23)25-13-17-40-18-14-25/h5-6,8-12,19,25H,3-4,7,13-18,20-21H2,1-2H3,(H3,33,34,35,36). The molecule has 8 heteroatoms. The molecule has 0 aliphatic carbocycles. The Kier molecular flexibility index (Phi) is 7.89. The predicted octanol–water partition coefficient (Wildman–Crippen LogP) is 5.70. The predicted molar refractivity (Wildman–Crippen MR) is 163 cm³/mol. The smallest absolute Gasteiger partial charge is 0.222 e. The van der Waals surface area contributed by atoms with Crippen molar-refractivity contribution >= 4 is 39.3 Å². The molecule has 1 fully saturated rings. The van der Waals surface area contributed by atoms with Gasteiger partial charge in [0.2, 0.25) is 5.95 Å². The molecule has 0 atom stereocenters. The zero-order valence-corrected chi connectivity index (χ0v) is 23.7. The highest BCUT2D eigenvalue weighted by Crippen LogP contribution is 2.35. The minimum atomic E-state index is 0.285. The van der Waals surface area contributed by atoms with Gasteiger partial charge in [0.15, 0.2) is 5.82 Å². The molecule has 1 saturated heterocycles. The van der Waals surface area contributed by atoms with Crippen molar-refractivity contribution in [3.05, 3.63) is 59.7 Å². The third kappa shape index (κ3) is 5.25. The fourth-order valence-corrected chi connectivity index (χ4v) is 6.23. The Morgan fingerprint density at radius 3 is 2.80 bits per heavy atom. The van der Waals surface area contributed by atoms with Gasteiger partial charge in [0.25, 0.3) is 0 Å². The van der Waals surface area contributed by atoms with E-state index < -0.39 is 0 Å². The van der Waals surface area contributed by atoms with Crippen molar-refractivity contribution in [1.82, 2.24) is 19.4 Å². The van der Waals surface area contributed by atoms with Gasteiger partial charge in [-0.15, -0.1) is 0 Å². The van der Waals surface area contributed by atoms with Crippen LogP contribution in [0.3, 0.4) is 0 Å². The molecular weight excluding hydrogens is 500 g/mol. The number of hydrogen-bond donors (Lipinski definition) is 2. The number of nitrogens with zero attached hydrogens (tertiary/aromatic N) is 4. The van der Waals surface area contributed by atoms with Gasteiger partial charge in [0.1, 0.15) is 16.8 Å². The number of rotatable bonds is 9. The van der Waals surface area contributed by atoms with E-state index in [2.05, 4.69) is 75.2 Å². The number of ether oxygens (including phenoxy) is 2. The summed E-state index contributed by atoms with van der Waals surface area (Å²) in [4.78, 5) is 12.0. The lowest BCUT2D eigenvalue weighted by Crippen LogP contribution is -2.42. The number of nitrogen functional groups attached to an aromatic ring is 1. The molecule has 0 amide bonds. The van der Waals surface area contributed by atoms with Crippen molar-refractivity contribution in [2.24, 2.45) is 0 Å². The van der Waals surface area contributed by atoms with E-state index >= 15 is 0 Å². The van der Waals surface area contributed by atoms with Crippen LogP contribution in [0.2, 0.25) is 0 Å². The van der Waals surface area contributed by atoms with Crippen LogP contribution in [0.15, 0.2) is 48.5 Å². The molecule has 8 nitrogen and oxygen atoms in total. The molecule has 4 heterocycles. The van der Waals surface area contributed by atoms with Gasteiger partial charge in [-0.2, -0.15) is 4.98 Å². The largest absolute Gasteiger partial charge is 0.496 e. The van der Waals surface area contributed by atoms with E-state index in [0.29, 0.717) is 12.6 Å². The van der Waals surface area contributed by atoms with Crippen LogP contribution in [0.25, 0.3) is 27.5 Å². The second kappa shape index (κ2) is 11.9. The summed E-state index contributed by atoms with van der Waals surface area (Å²) in [5, 5.41) is 4.61. The van der Waals surface area contributed by atoms with Gasteiger partial charge < -0.3 is 25.1 Å². The fraction of sp³-hybridized carbons (Fsp3) is 0.438. The van der Waals surface area contributed by atoms with Crippen LogP contribution < -0.4 is 15.8 Å². The lowest BCUT2D eigenvalue weighted by atomic mass is 9.96. The van der Waals surface area contributed by atoms with E-state index in [0.717, 1.165) is 104 Å². The average molecular weight is 541 g/mol. The summed E-state index contributed by atoms with van der Waals surface area (Å²) in [5.74, 6) is 1.95. The number of anilines is 2. The number of nitrogens with two attached hydrogens (primary N) is 1. The van der Waals surface area contributed by atoms with Crippen molar-refractivity contribution in [3.63, 3.8) is 0 Å². The van der Waals surface area contributed by atoms with Gasteiger partial charge in [-0.25, -0.2) is 4.98 Å². The summed E-state index contributed by atoms with van der Waals surface area (Å²) in [6, 6.07) is 15.6. The lowest BCUT2D eigenvalue weighted by molar-refractivity contribution is 0.0383. The van der Waals surface area contributed by atoms with E-state index in [9.17, 15) is 0 Å². The van der Waals surface area contributed by atoms with Crippen LogP contribution in [-0.4, -0.2) is 65.4 Å². The number of fused-ring (bicyclic) bond motifs is 3. The van der Waals surface area contributed by atoms with E-state index in [1.807, 2.05) is 0 Å². The first-order valence-electron chi connectivity index (χ1n) is 14.6. The van der Waals surface area contributed by atoms with Crippen LogP contribution in [0, 0.1) is 0 Å². The summed E-state index contributed by atoms with van der Waals surface area (Å²) >= 11 is 0. The maximum Gasteiger partial charge on any atom is 0.222 e. The highest BCUT2D eigenvalue weighted by atomic mass is 16.5. The van der Waals surface area contributed by atoms with E-state index in [1.165, 1.54) is 11.1 Å². The number of nitrogens with one attached hydrogen (secondary N) is 1. The number of benzene rings is 2. The van der Waals surface area contributed by atoms with E-state index in [-0.39, 0.29) is 5.95 Å². The SMILES string of the molecule is CCCCNc1nc(N)nc2c3ccccc3n(Cc3cc(C4=CCCN(C5CCOCC5)C4)ccc3OC)c12. The molecule has 2 aliphatic rings. The third-order valence-corrected chi connectivity index (χ3v) is 8.31. The number of para-hydroxylation sites is 1. The van der Waals surface area contributed by atoms with Crippen molar-refractivity contribution in [2.75, 3.05) is 51.0 Å². The zero-order valence-electron chi connectivity index (χ0n) is 23.7. The maximum absolute atomic E-state index is 6.19. The second-order valence-electron chi connectivity index (χ2n) is 10.9. The maximum atomic E-state index is 6.19. The average Bonchev–Trinajstić information content (AvgIpc) is 3.31. The Morgan fingerprint density at radius 1 is 1.12 bits per heavy atom. The van der Waals surface area contributed by atoms with Crippen molar-refractivity contribution in [2.45, 2.75) is 51.6 Å². The van der Waals surface area contributed by atoms with Gasteiger partial charge in [0, 0.05) is 49.8 Å². The Hall–Kier alpha value is -3.62. The Labute approximate surface area is 236 Å². The fourth-order valence-electron chi connectivity index (χ4n) is 6.23. The van der Waals surface area contributed by atoms with E-state index in [1.54, 1.807) is 7.11 Å². The molecule has 2 aromatic heterocycles. The quantitative estimate of drug-likeness (QED) is 0.263. The van der Waals surface area contributed by atoms with Gasteiger partial charge in [0.05, 0.1) is 19.2 Å². The summed E-state index contributed by atoms with van der Waals surface area (Å²) < 4.78 is 13.8. The lowest BCUT2D eigenvalue weighted by Gasteiger charge is -2.37. The minimum Gasteiger partial charge on any atom is -0.496 e. The van der Waals surface area contributed by atoms with Crippen LogP contribution in [0.1, 0.15) is 50.2 Å². The minimum absolute atomic E-state index is 0.285. The molecule has 3 N–H and O–H groups in total. The normalized spacial score (nSPS) is 16.9. The van der Waals surface area contributed by atoms with Crippen LogP contribution >= 0.6 is 0 Å². The highest BCUT2D eigenvalue weighted by molar-refractivity contribution is 6.09. The molecule has 0 radical (unpaired) electrons. The Morgan fingerprint density at radius 2 is 1.98 bits per heavy atom. The summed E-state index contributed by atoms with van der Waals surface area (Å²) in [7, 11) is 1.75. The van der Waals surface area contributed by atoms with Gasteiger partial charge >= 0.3 is 0 Å². The molecule has 2 aliphatic heterocycles. The third-order valence-electron chi connectivity index (χ3n) is 8.31. The molecule has 0 unspecified atom stereocenters. The van der Waals surface area contributed by atoms with Crippen LogP contribution in [0.5, 0.6) is 5.75 Å². The van der Waals surface area contributed by atoms with E-state index in [4.69, 9.17) is 20.2 Å². The zero-order chi connectivity index (χ0) is 27.5. The van der Waals surface area contributed by atoms with Crippen LogP contribution in [-0.2, 0) is 11.3 Å². The molecule has 210 valence electrons. The van der Waals surface area contributed by atoms with Gasteiger partial charge in [-0.1, -0.05) is 43.7 Å². The number of aromatic nitrogens is 3. The second-order valence-corrected chi connectivity index (χ2v) is 10.9. The first-order chi connectivity index (χ1) is 19.7.